The first kappa shape index (κ1) is 11.9. The number of carbonyl (C=O) groups excluding carboxylic acids is 1. The fraction of sp³-hybridized carbons (Fsp3) is 0.667. The Morgan fingerprint density at radius 1 is 1.53 bits per heavy atom. The van der Waals surface area contributed by atoms with Crippen molar-refractivity contribution in [2.45, 2.75) is 25.6 Å². The highest BCUT2D eigenvalue weighted by Gasteiger charge is 2.43. The quantitative estimate of drug-likeness (QED) is 0.701. The van der Waals surface area contributed by atoms with Crippen molar-refractivity contribution in [3.8, 4) is 0 Å². The predicted molar refractivity (Wildman–Crippen MR) is 49.2 cm³/mol. The molecule has 5 nitrogen and oxygen atoms in total. The van der Waals surface area contributed by atoms with Crippen molar-refractivity contribution < 1.29 is 22.7 Å². The minimum Gasteiger partial charge on any atom is -0.464 e. The SMILES string of the molecule is COC(=O)c1nnn2c1CC(C(F)(F)F)CC2. The van der Waals surface area contributed by atoms with Crippen LogP contribution in [0.25, 0.3) is 0 Å². The van der Waals surface area contributed by atoms with E-state index in [-0.39, 0.29) is 30.8 Å². The largest absolute Gasteiger partial charge is 0.464 e. The molecule has 2 heterocycles. The molecule has 0 bridgehead atoms. The Morgan fingerprint density at radius 2 is 2.24 bits per heavy atom. The summed E-state index contributed by atoms with van der Waals surface area (Å²) in [6.07, 6.45) is -4.58. The van der Waals surface area contributed by atoms with Gasteiger partial charge < -0.3 is 4.74 Å². The molecule has 1 aliphatic heterocycles. The third-order valence-electron chi connectivity index (χ3n) is 2.81. The van der Waals surface area contributed by atoms with E-state index in [0.29, 0.717) is 0 Å². The number of nitrogens with zero attached hydrogens (tertiary/aromatic N) is 3. The molecule has 0 radical (unpaired) electrons. The van der Waals surface area contributed by atoms with Gasteiger partial charge in [0.15, 0.2) is 5.69 Å². The Balaban J connectivity index is 2.29. The van der Waals surface area contributed by atoms with Gasteiger partial charge in [0.05, 0.1) is 18.7 Å². The molecule has 1 atom stereocenters. The minimum atomic E-state index is -4.26. The predicted octanol–water partition coefficient (Wildman–Crippen LogP) is 1.19. The van der Waals surface area contributed by atoms with Gasteiger partial charge in [0.2, 0.25) is 0 Å². The van der Waals surface area contributed by atoms with E-state index in [1.54, 1.807) is 0 Å². The van der Waals surface area contributed by atoms with Crippen molar-refractivity contribution in [1.29, 1.82) is 0 Å². The van der Waals surface area contributed by atoms with Gasteiger partial charge in [-0.25, -0.2) is 9.48 Å². The third kappa shape index (κ3) is 2.11. The molecule has 8 heteroatoms. The minimum absolute atomic E-state index is 0.0412. The van der Waals surface area contributed by atoms with E-state index in [1.165, 1.54) is 4.68 Å². The number of ether oxygens (including phenoxy) is 1. The number of rotatable bonds is 1. The van der Waals surface area contributed by atoms with Crippen molar-refractivity contribution in [3.05, 3.63) is 11.4 Å². The lowest BCUT2D eigenvalue weighted by atomic mass is 9.94. The summed E-state index contributed by atoms with van der Waals surface area (Å²) in [7, 11) is 1.15. The average Bonchev–Trinajstić information content (AvgIpc) is 2.69. The van der Waals surface area contributed by atoms with E-state index in [2.05, 4.69) is 15.0 Å². The van der Waals surface area contributed by atoms with Gasteiger partial charge in [-0.05, 0) is 6.42 Å². The summed E-state index contributed by atoms with van der Waals surface area (Å²) >= 11 is 0. The molecule has 0 N–H and O–H groups in total. The first-order chi connectivity index (χ1) is 7.93. The number of alkyl halides is 3. The smallest absolute Gasteiger partial charge is 0.392 e. The van der Waals surface area contributed by atoms with E-state index in [1.807, 2.05) is 0 Å². The normalized spacial score (nSPS) is 19.9. The Hall–Kier alpha value is -1.60. The zero-order valence-corrected chi connectivity index (χ0v) is 8.99. The Morgan fingerprint density at radius 3 is 2.82 bits per heavy atom. The van der Waals surface area contributed by atoms with Crippen LogP contribution in [0.2, 0.25) is 0 Å². The lowest BCUT2D eigenvalue weighted by Crippen LogP contribution is -2.32. The first-order valence-corrected chi connectivity index (χ1v) is 5.01. The molecule has 1 aliphatic rings. The molecule has 1 unspecified atom stereocenters. The van der Waals surface area contributed by atoms with Crippen molar-refractivity contribution in [2.75, 3.05) is 7.11 Å². The van der Waals surface area contributed by atoms with Gasteiger partial charge in [-0.2, -0.15) is 13.2 Å². The maximum atomic E-state index is 12.6. The van der Waals surface area contributed by atoms with E-state index < -0.39 is 18.1 Å². The second-order valence-corrected chi connectivity index (χ2v) is 3.83. The van der Waals surface area contributed by atoms with Crippen molar-refractivity contribution in [2.24, 2.45) is 5.92 Å². The third-order valence-corrected chi connectivity index (χ3v) is 2.81. The fourth-order valence-corrected chi connectivity index (χ4v) is 1.86. The summed E-state index contributed by atoms with van der Waals surface area (Å²) < 4.78 is 43.5. The van der Waals surface area contributed by atoms with Gasteiger partial charge in [-0.1, -0.05) is 5.21 Å². The van der Waals surface area contributed by atoms with E-state index in [0.717, 1.165) is 7.11 Å². The number of fused-ring (bicyclic) bond motifs is 1. The van der Waals surface area contributed by atoms with E-state index >= 15 is 0 Å². The Kier molecular flexibility index (Phi) is 2.80. The molecular formula is C9H10F3N3O2. The van der Waals surface area contributed by atoms with Crippen LogP contribution in [0.3, 0.4) is 0 Å². The standard InChI is InChI=1S/C9H10F3N3O2/c1-17-8(16)7-6-4-5(9(10,11)12)2-3-15(6)14-13-7/h5H,2-4H2,1H3. The number of esters is 1. The summed E-state index contributed by atoms with van der Waals surface area (Å²) in [5, 5.41) is 7.20. The van der Waals surface area contributed by atoms with Crippen LogP contribution in [0.15, 0.2) is 0 Å². The highest BCUT2D eigenvalue weighted by Crippen LogP contribution is 2.35. The number of hydrogen-bond acceptors (Lipinski definition) is 4. The van der Waals surface area contributed by atoms with Crippen LogP contribution in [0, 0.1) is 5.92 Å². The lowest BCUT2D eigenvalue weighted by Gasteiger charge is -2.24. The number of aromatic nitrogens is 3. The molecule has 0 fully saturated rings. The Labute approximate surface area is 94.5 Å². The van der Waals surface area contributed by atoms with Crippen molar-refractivity contribution >= 4 is 5.97 Å². The average molecular weight is 249 g/mol. The lowest BCUT2D eigenvalue weighted by molar-refractivity contribution is -0.179. The van der Waals surface area contributed by atoms with E-state index in [4.69, 9.17) is 0 Å². The topological polar surface area (TPSA) is 57.0 Å². The first-order valence-electron chi connectivity index (χ1n) is 5.01. The molecule has 0 saturated carbocycles. The molecule has 94 valence electrons. The highest BCUT2D eigenvalue weighted by atomic mass is 19.4. The molecule has 2 rings (SSSR count). The second-order valence-electron chi connectivity index (χ2n) is 3.83. The number of carbonyl (C=O) groups is 1. The van der Waals surface area contributed by atoms with E-state index in [9.17, 15) is 18.0 Å². The molecule has 0 amide bonds. The number of halogens is 3. The summed E-state index contributed by atoms with van der Waals surface area (Å²) in [5.74, 6) is -2.20. The molecule has 1 aromatic rings. The van der Waals surface area contributed by atoms with Crippen molar-refractivity contribution in [3.63, 3.8) is 0 Å². The fourth-order valence-electron chi connectivity index (χ4n) is 1.86. The maximum Gasteiger partial charge on any atom is 0.392 e. The van der Waals surface area contributed by atoms with Gasteiger partial charge in [-0.3, -0.25) is 0 Å². The number of hydrogen-bond donors (Lipinski definition) is 0. The zero-order valence-electron chi connectivity index (χ0n) is 8.99. The zero-order chi connectivity index (χ0) is 12.6. The molecule has 17 heavy (non-hydrogen) atoms. The molecular weight excluding hydrogens is 239 g/mol. The molecule has 0 spiro atoms. The van der Waals surface area contributed by atoms with Gasteiger partial charge in [0.1, 0.15) is 0 Å². The van der Waals surface area contributed by atoms with Crippen LogP contribution < -0.4 is 0 Å². The number of aryl methyl sites for hydroxylation is 1. The van der Waals surface area contributed by atoms with Crippen LogP contribution >= 0.6 is 0 Å². The van der Waals surface area contributed by atoms with Gasteiger partial charge in [0.25, 0.3) is 0 Å². The Bertz CT molecular complexity index is 441. The van der Waals surface area contributed by atoms with Crippen molar-refractivity contribution in [1.82, 2.24) is 15.0 Å². The van der Waals surface area contributed by atoms with Crippen LogP contribution in [0.1, 0.15) is 22.6 Å². The van der Waals surface area contributed by atoms with Crippen LogP contribution in [0.4, 0.5) is 13.2 Å². The molecule has 0 saturated heterocycles. The van der Waals surface area contributed by atoms with Gasteiger partial charge in [0, 0.05) is 13.0 Å². The molecule has 1 aromatic heterocycles. The summed E-state index contributed by atoms with van der Waals surface area (Å²) in [6, 6.07) is 0. The maximum absolute atomic E-state index is 12.6. The molecule has 0 aromatic carbocycles. The van der Waals surface area contributed by atoms with Gasteiger partial charge in [-0.15, -0.1) is 5.10 Å². The monoisotopic (exact) mass is 249 g/mol. The summed E-state index contributed by atoms with van der Waals surface area (Å²) in [4.78, 5) is 11.3. The summed E-state index contributed by atoms with van der Waals surface area (Å²) in [6.45, 7) is 0.115. The highest BCUT2D eigenvalue weighted by molar-refractivity contribution is 5.88. The van der Waals surface area contributed by atoms with Gasteiger partial charge >= 0.3 is 12.1 Å². The molecule has 0 aliphatic carbocycles. The second kappa shape index (κ2) is 4.01. The van der Waals surface area contributed by atoms with Crippen LogP contribution in [-0.4, -0.2) is 34.2 Å². The summed E-state index contributed by atoms with van der Waals surface area (Å²) in [5.41, 5.74) is 0.0758. The van der Waals surface area contributed by atoms with Crippen LogP contribution in [0.5, 0.6) is 0 Å². The van der Waals surface area contributed by atoms with Crippen LogP contribution in [-0.2, 0) is 17.7 Å². The number of methoxy groups -OCH3 is 1.